The van der Waals surface area contributed by atoms with E-state index in [-0.39, 0.29) is 0 Å². The van der Waals surface area contributed by atoms with Gasteiger partial charge >= 0.3 is 0 Å². The Labute approximate surface area is 136 Å². The summed E-state index contributed by atoms with van der Waals surface area (Å²) >= 11 is 0. The van der Waals surface area contributed by atoms with E-state index >= 15 is 0 Å². The van der Waals surface area contributed by atoms with Crippen LogP contribution in [0.1, 0.15) is 118 Å². The molecule has 3 unspecified atom stereocenters. The van der Waals surface area contributed by atoms with Crippen LogP contribution in [0.5, 0.6) is 0 Å². The maximum absolute atomic E-state index is 2.46. The molecule has 0 rings (SSSR count). The summed E-state index contributed by atoms with van der Waals surface area (Å²) in [6.45, 7) is 11.9. The lowest BCUT2D eigenvalue weighted by atomic mass is 9.88. The first-order valence-corrected chi connectivity index (χ1v) is 10.1. The van der Waals surface area contributed by atoms with E-state index < -0.39 is 0 Å². The topological polar surface area (TPSA) is 0 Å². The highest BCUT2D eigenvalue weighted by Crippen LogP contribution is 2.22. The molecule has 0 N–H and O–H groups in total. The fraction of sp³-hybridized carbons (Fsp3) is 1.00. The van der Waals surface area contributed by atoms with Crippen LogP contribution in [0.25, 0.3) is 0 Å². The average Bonchev–Trinajstić information content (AvgIpc) is 2.49. The molecule has 0 amide bonds. The molecule has 128 valence electrons. The predicted molar refractivity (Wildman–Crippen MR) is 98.9 cm³/mol. The average molecular weight is 297 g/mol. The Kier molecular flexibility index (Phi) is 14.9. The normalized spacial score (nSPS) is 15.9. The smallest absolute Gasteiger partial charge is 0.0417 e. The van der Waals surface area contributed by atoms with Gasteiger partial charge in [0.1, 0.15) is 0 Å². The summed E-state index contributed by atoms with van der Waals surface area (Å²) in [6, 6.07) is 0. The summed E-state index contributed by atoms with van der Waals surface area (Å²) in [5, 5.41) is 0. The van der Waals surface area contributed by atoms with Gasteiger partial charge in [-0.15, -0.1) is 0 Å². The zero-order chi connectivity index (χ0) is 15.9. The zero-order valence-electron chi connectivity index (χ0n) is 15.9. The maximum atomic E-state index is 2.46. The third kappa shape index (κ3) is 13.4. The Bertz CT molecular complexity index is 196. The quantitative estimate of drug-likeness (QED) is 0.268. The maximum Gasteiger partial charge on any atom is -0.0417 e. The molecule has 0 aromatic carbocycles. The lowest BCUT2D eigenvalue weighted by Crippen LogP contribution is -2.06. The van der Waals surface area contributed by atoms with E-state index in [4.69, 9.17) is 0 Å². The van der Waals surface area contributed by atoms with Crippen molar-refractivity contribution in [2.75, 3.05) is 0 Å². The molecule has 0 radical (unpaired) electrons. The van der Waals surface area contributed by atoms with Crippen molar-refractivity contribution >= 4 is 0 Å². The minimum atomic E-state index is 0.915. The van der Waals surface area contributed by atoms with Gasteiger partial charge in [-0.25, -0.2) is 0 Å². The summed E-state index contributed by atoms with van der Waals surface area (Å²) in [5.41, 5.74) is 0. The van der Waals surface area contributed by atoms with Crippen molar-refractivity contribution in [2.45, 2.75) is 118 Å². The number of hydrogen-bond acceptors (Lipinski definition) is 0. The van der Waals surface area contributed by atoms with Crippen LogP contribution >= 0.6 is 0 Å². The van der Waals surface area contributed by atoms with Gasteiger partial charge in [-0.2, -0.15) is 0 Å². The summed E-state index contributed by atoms with van der Waals surface area (Å²) < 4.78 is 0. The van der Waals surface area contributed by atoms with Gasteiger partial charge in [0, 0.05) is 0 Å². The van der Waals surface area contributed by atoms with Crippen molar-refractivity contribution in [3.8, 4) is 0 Å². The van der Waals surface area contributed by atoms with Gasteiger partial charge in [-0.1, -0.05) is 118 Å². The van der Waals surface area contributed by atoms with E-state index in [1.807, 2.05) is 0 Å². The van der Waals surface area contributed by atoms with Gasteiger partial charge in [-0.3, -0.25) is 0 Å². The molecule has 0 saturated heterocycles. The van der Waals surface area contributed by atoms with Gasteiger partial charge in [0.05, 0.1) is 0 Å². The van der Waals surface area contributed by atoms with Gasteiger partial charge in [0.2, 0.25) is 0 Å². The molecule has 0 aromatic rings. The molecule has 0 heteroatoms. The summed E-state index contributed by atoms with van der Waals surface area (Å²) in [4.78, 5) is 0. The third-order valence-corrected chi connectivity index (χ3v) is 5.52. The van der Waals surface area contributed by atoms with Crippen molar-refractivity contribution in [2.24, 2.45) is 17.8 Å². The molecular weight excluding hydrogens is 252 g/mol. The van der Waals surface area contributed by atoms with Crippen LogP contribution in [-0.4, -0.2) is 0 Å². The number of hydrogen-bond donors (Lipinski definition) is 0. The second kappa shape index (κ2) is 14.9. The first-order valence-electron chi connectivity index (χ1n) is 10.1. The van der Waals surface area contributed by atoms with E-state index in [0.29, 0.717) is 0 Å². The zero-order valence-corrected chi connectivity index (χ0v) is 15.9. The molecule has 0 aliphatic heterocycles. The summed E-state index contributed by atoms with van der Waals surface area (Å²) in [5.74, 6) is 2.81. The van der Waals surface area contributed by atoms with Gasteiger partial charge in [0.15, 0.2) is 0 Å². The first kappa shape index (κ1) is 21.0. The van der Waals surface area contributed by atoms with Crippen molar-refractivity contribution in [3.63, 3.8) is 0 Å². The molecule has 21 heavy (non-hydrogen) atoms. The molecule has 0 aliphatic rings. The molecule has 0 aromatic heterocycles. The Morgan fingerprint density at radius 3 is 1.48 bits per heavy atom. The second-order valence-electron chi connectivity index (χ2n) is 7.66. The lowest BCUT2D eigenvalue weighted by Gasteiger charge is -2.18. The molecule has 0 fully saturated rings. The Balaban J connectivity index is 3.30. The molecular formula is C21H44. The Hall–Kier alpha value is 0. The Morgan fingerprint density at radius 1 is 0.524 bits per heavy atom. The molecule has 0 aliphatic carbocycles. The van der Waals surface area contributed by atoms with Crippen molar-refractivity contribution in [3.05, 3.63) is 0 Å². The van der Waals surface area contributed by atoms with E-state index in [1.165, 1.54) is 83.5 Å². The first-order chi connectivity index (χ1) is 10.1. The summed E-state index contributed by atoms with van der Waals surface area (Å²) in [6.07, 6.45) is 18.8. The molecule has 3 atom stereocenters. The Morgan fingerprint density at radius 2 is 1.00 bits per heavy atom. The fourth-order valence-electron chi connectivity index (χ4n) is 3.24. The fourth-order valence-corrected chi connectivity index (χ4v) is 3.24. The lowest BCUT2D eigenvalue weighted by molar-refractivity contribution is 0.340. The minimum Gasteiger partial charge on any atom is -0.0654 e. The van der Waals surface area contributed by atoms with Gasteiger partial charge in [-0.05, 0) is 17.8 Å². The van der Waals surface area contributed by atoms with Crippen LogP contribution in [0, 0.1) is 17.8 Å². The standard InChI is InChI=1S/C21H44/c1-6-8-9-10-13-16-19(3)17-14-11-12-15-18-21(5)20(4)7-2/h19-21H,6-18H2,1-5H3. The van der Waals surface area contributed by atoms with Crippen LogP contribution in [0.2, 0.25) is 0 Å². The molecule has 0 nitrogen and oxygen atoms in total. The largest absolute Gasteiger partial charge is 0.0654 e. The van der Waals surface area contributed by atoms with Crippen molar-refractivity contribution in [1.29, 1.82) is 0 Å². The van der Waals surface area contributed by atoms with E-state index in [1.54, 1.807) is 0 Å². The van der Waals surface area contributed by atoms with Crippen LogP contribution in [0.15, 0.2) is 0 Å². The van der Waals surface area contributed by atoms with Crippen molar-refractivity contribution < 1.29 is 0 Å². The van der Waals surface area contributed by atoms with E-state index in [9.17, 15) is 0 Å². The van der Waals surface area contributed by atoms with Crippen LogP contribution in [0.3, 0.4) is 0 Å². The monoisotopic (exact) mass is 296 g/mol. The van der Waals surface area contributed by atoms with Crippen LogP contribution < -0.4 is 0 Å². The summed E-state index contributed by atoms with van der Waals surface area (Å²) in [7, 11) is 0. The van der Waals surface area contributed by atoms with Crippen LogP contribution in [0.4, 0.5) is 0 Å². The molecule has 0 saturated carbocycles. The minimum absolute atomic E-state index is 0.915. The second-order valence-corrected chi connectivity index (χ2v) is 7.66. The van der Waals surface area contributed by atoms with E-state index in [0.717, 1.165) is 17.8 Å². The van der Waals surface area contributed by atoms with Gasteiger partial charge in [0.25, 0.3) is 0 Å². The predicted octanol–water partition coefficient (Wildman–Crippen LogP) is 8.01. The number of unbranched alkanes of at least 4 members (excludes halogenated alkanes) is 7. The molecule has 0 heterocycles. The highest BCUT2D eigenvalue weighted by Gasteiger charge is 2.09. The third-order valence-electron chi connectivity index (χ3n) is 5.52. The van der Waals surface area contributed by atoms with Crippen molar-refractivity contribution in [1.82, 2.24) is 0 Å². The number of rotatable bonds is 15. The van der Waals surface area contributed by atoms with Crippen LogP contribution in [-0.2, 0) is 0 Å². The SMILES string of the molecule is CCCCCCCC(C)CCCCCCC(C)C(C)CC. The highest BCUT2D eigenvalue weighted by molar-refractivity contribution is 4.61. The molecule has 0 bridgehead atoms. The highest BCUT2D eigenvalue weighted by atomic mass is 14.1. The molecule has 0 spiro atoms. The van der Waals surface area contributed by atoms with Gasteiger partial charge < -0.3 is 0 Å². The van der Waals surface area contributed by atoms with E-state index in [2.05, 4.69) is 34.6 Å².